The molecule has 0 saturated heterocycles. The number of nitrogens with one attached hydrogen (secondary N) is 2. The number of carbonyl (C=O) groups excluding carboxylic acids is 2. The maximum Gasteiger partial charge on any atom is 0.387 e. The van der Waals surface area contributed by atoms with Crippen molar-refractivity contribution >= 4 is 35.0 Å². The van der Waals surface area contributed by atoms with Crippen molar-refractivity contribution in [2.75, 3.05) is 17.7 Å². The van der Waals surface area contributed by atoms with Gasteiger partial charge in [0.25, 0.3) is 11.6 Å². The first-order chi connectivity index (χ1) is 15.1. The Hall–Kier alpha value is -4.53. The second-order valence-electron chi connectivity index (χ2n) is 6.08. The van der Waals surface area contributed by atoms with Gasteiger partial charge in [0.05, 0.1) is 23.7 Å². The third kappa shape index (κ3) is 6.23. The van der Waals surface area contributed by atoms with Gasteiger partial charge in [-0.05, 0) is 36.4 Å². The molecule has 0 spiro atoms. The predicted molar refractivity (Wildman–Crippen MR) is 109 cm³/mol. The largest absolute Gasteiger partial charge is 0.493 e. The van der Waals surface area contributed by atoms with Crippen LogP contribution in [-0.4, -0.2) is 30.5 Å². The lowest BCUT2D eigenvalue weighted by Gasteiger charge is -2.11. The third-order valence-electron chi connectivity index (χ3n) is 3.85. The molecule has 2 N–H and O–H groups in total. The zero-order valence-electron chi connectivity index (χ0n) is 16.7. The summed E-state index contributed by atoms with van der Waals surface area (Å²) >= 11 is 0. The number of alkyl halides is 2. The molecule has 2 aromatic rings. The average Bonchev–Trinajstić information content (AvgIpc) is 2.72. The summed E-state index contributed by atoms with van der Waals surface area (Å²) in [5.41, 5.74) is -0.634. The first-order valence-electron chi connectivity index (χ1n) is 8.76. The summed E-state index contributed by atoms with van der Waals surface area (Å²) in [5, 5.41) is 25.7. The maximum absolute atomic E-state index is 12.6. The Morgan fingerprint density at radius 2 is 1.75 bits per heavy atom. The Morgan fingerprint density at radius 3 is 2.22 bits per heavy atom. The van der Waals surface area contributed by atoms with Crippen LogP contribution in [0, 0.1) is 21.4 Å². The van der Waals surface area contributed by atoms with Crippen molar-refractivity contribution < 1.29 is 32.8 Å². The molecule has 12 heteroatoms. The maximum atomic E-state index is 12.6. The van der Waals surface area contributed by atoms with E-state index in [0.717, 1.165) is 19.3 Å². The predicted octanol–water partition coefficient (Wildman–Crippen LogP) is 3.71. The van der Waals surface area contributed by atoms with E-state index in [2.05, 4.69) is 15.4 Å². The first-order valence-corrected chi connectivity index (χ1v) is 8.76. The van der Waals surface area contributed by atoms with Gasteiger partial charge in [-0.25, -0.2) is 0 Å². The number of nitro benzene ring substituents is 1. The number of amides is 2. The molecule has 0 heterocycles. The van der Waals surface area contributed by atoms with Gasteiger partial charge in [-0.2, -0.15) is 14.0 Å². The number of nitriles is 1. The minimum Gasteiger partial charge on any atom is -0.493 e. The molecule has 0 unspecified atom stereocenters. The van der Waals surface area contributed by atoms with Gasteiger partial charge >= 0.3 is 6.61 Å². The second kappa shape index (κ2) is 10.5. The summed E-state index contributed by atoms with van der Waals surface area (Å²) in [7, 11) is 1.13. The molecule has 0 aromatic heterocycles. The minimum absolute atomic E-state index is 0.235. The number of nitro groups is 1. The van der Waals surface area contributed by atoms with Gasteiger partial charge in [-0.3, -0.25) is 19.7 Å². The molecule has 2 rings (SSSR count). The molecule has 0 radical (unpaired) electrons. The van der Waals surface area contributed by atoms with Crippen LogP contribution in [0.25, 0.3) is 6.08 Å². The summed E-state index contributed by atoms with van der Waals surface area (Å²) in [4.78, 5) is 34.0. The van der Waals surface area contributed by atoms with E-state index in [0.29, 0.717) is 11.8 Å². The fourth-order valence-electron chi connectivity index (χ4n) is 2.53. The molecular weight excluding hydrogens is 430 g/mol. The van der Waals surface area contributed by atoms with Gasteiger partial charge in [0, 0.05) is 18.3 Å². The quantitative estimate of drug-likeness (QED) is 0.272. The standard InChI is InChI=1S/C20H16F2N4O6/c1-11(27)24-14-3-5-15(6-4-14)25-19(28)13(10-23)7-12-8-17(31-2)18(32-20(21)22)9-16(12)26(29)30/h3-9,20H,1-2H3,(H,24,27)(H,25,28)/b13-7+. The Morgan fingerprint density at radius 1 is 1.16 bits per heavy atom. The smallest absolute Gasteiger partial charge is 0.387 e. The van der Waals surface area contributed by atoms with Gasteiger partial charge in [0.1, 0.15) is 11.6 Å². The number of ether oxygens (including phenoxy) is 2. The number of hydrogen-bond acceptors (Lipinski definition) is 7. The van der Waals surface area contributed by atoms with Crippen LogP contribution in [0.5, 0.6) is 11.5 Å². The highest BCUT2D eigenvalue weighted by Crippen LogP contribution is 2.36. The first kappa shape index (κ1) is 23.7. The molecule has 0 aliphatic rings. The van der Waals surface area contributed by atoms with Crippen molar-refractivity contribution in [3.63, 3.8) is 0 Å². The Balaban J connectivity index is 2.37. The van der Waals surface area contributed by atoms with Crippen LogP contribution in [0.15, 0.2) is 42.0 Å². The average molecular weight is 446 g/mol. The second-order valence-corrected chi connectivity index (χ2v) is 6.08. The number of benzene rings is 2. The van der Waals surface area contributed by atoms with Crippen molar-refractivity contribution in [3.8, 4) is 17.6 Å². The van der Waals surface area contributed by atoms with E-state index in [-0.39, 0.29) is 22.9 Å². The van der Waals surface area contributed by atoms with E-state index in [1.807, 2.05) is 0 Å². The molecule has 32 heavy (non-hydrogen) atoms. The van der Waals surface area contributed by atoms with E-state index in [1.165, 1.54) is 31.2 Å². The Labute approximate surface area is 180 Å². The van der Waals surface area contributed by atoms with Gasteiger partial charge in [0.2, 0.25) is 5.91 Å². The fraction of sp³-hybridized carbons (Fsp3) is 0.150. The molecule has 0 atom stereocenters. The molecule has 0 saturated carbocycles. The fourth-order valence-corrected chi connectivity index (χ4v) is 2.53. The number of halogens is 2. The van der Waals surface area contributed by atoms with Crippen LogP contribution in [0.2, 0.25) is 0 Å². The minimum atomic E-state index is -3.25. The van der Waals surface area contributed by atoms with Crippen LogP contribution in [0.1, 0.15) is 12.5 Å². The molecule has 2 amide bonds. The van der Waals surface area contributed by atoms with E-state index in [4.69, 9.17) is 4.74 Å². The van der Waals surface area contributed by atoms with Crippen LogP contribution in [0.4, 0.5) is 25.8 Å². The topological polar surface area (TPSA) is 144 Å². The molecule has 10 nitrogen and oxygen atoms in total. The summed E-state index contributed by atoms with van der Waals surface area (Å²) in [6.45, 7) is -1.91. The molecule has 0 fully saturated rings. The molecule has 166 valence electrons. The number of carbonyl (C=O) groups is 2. The van der Waals surface area contributed by atoms with Crippen LogP contribution >= 0.6 is 0 Å². The van der Waals surface area contributed by atoms with Crippen molar-refractivity contribution in [2.45, 2.75) is 13.5 Å². The third-order valence-corrected chi connectivity index (χ3v) is 3.85. The molecule has 0 aliphatic carbocycles. The normalized spacial score (nSPS) is 10.8. The highest BCUT2D eigenvalue weighted by molar-refractivity contribution is 6.10. The highest BCUT2D eigenvalue weighted by Gasteiger charge is 2.22. The number of nitrogens with zero attached hydrogens (tertiary/aromatic N) is 2. The van der Waals surface area contributed by atoms with E-state index >= 15 is 0 Å². The van der Waals surface area contributed by atoms with Gasteiger partial charge in [0.15, 0.2) is 11.5 Å². The van der Waals surface area contributed by atoms with Crippen LogP contribution < -0.4 is 20.1 Å². The summed E-state index contributed by atoms with van der Waals surface area (Å²) in [6.07, 6.45) is 0.924. The number of methoxy groups -OCH3 is 1. The summed E-state index contributed by atoms with van der Waals surface area (Å²) < 4.78 is 34.2. The molecular formula is C20H16F2N4O6. The number of anilines is 2. The van der Waals surface area contributed by atoms with Gasteiger partial charge in [-0.1, -0.05) is 0 Å². The summed E-state index contributed by atoms with van der Waals surface area (Å²) in [5.74, 6) is -1.98. The zero-order valence-corrected chi connectivity index (χ0v) is 16.7. The van der Waals surface area contributed by atoms with Crippen molar-refractivity contribution in [1.29, 1.82) is 5.26 Å². The highest BCUT2D eigenvalue weighted by atomic mass is 19.3. The van der Waals surface area contributed by atoms with Crippen LogP contribution in [0.3, 0.4) is 0 Å². The SMILES string of the molecule is COc1cc(/C=C(\C#N)C(=O)Nc2ccc(NC(C)=O)cc2)c([N+](=O)[O-])cc1OC(F)F. The lowest BCUT2D eigenvalue weighted by Crippen LogP contribution is -2.14. The van der Waals surface area contributed by atoms with E-state index in [9.17, 15) is 33.7 Å². The number of rotatable bonds is 8. The number of hydrogen-bond donors (Lipinski definition) is 2. The Bertz CT molecular complexity index is 1110. The van der Waals surface area contributed by atoms with Crippen molar-refractivity contribution in [2.24, 2.45) is 0 Å². The molecule has 0 bridgehead atoms. The van der Waals surface area contributed by atoms with E-state index < -0.39 is 34.5 Å². The van der Waals surface area contributed by atoms with E-state index in [1.54, 1.807) is 6.07 Å². The van der Waals surface area contributed by atoms with Gasteiger partial charge < -0.3 is 20.1 Å². The lowest BCUT2D eigenvalue weighted by molar-refractivity contribution is -0.385. The van der Waals surface area contributed by atoms with Crippen molar-refractivity contribution in [1.82, 2.24) is 0 Å². The lowest BCUT2D eigenvalue weighted by atomic mass is 10.1. The Kier molecular flexibility index (Phi) is 7.78. The summed E-state index contributed by atoms with van der Waals surface area (Å²) in [6, 6.07) is 9.33. The van der Waals surface area contributed by atoms with Gasteiger partial charge in [-0.15, -0.1) is 0 Å². The molecule has 0 aliphatic heterocycles. The zero-order chi connectivity index (χ0) is 23.8. The molecule has 2 aromatic carbocycles. The van der Waals surface area contributed by atoms with Crippen molar-refractivity contribution in [3.05, 3.63) is 57.6 Å². The monoisotopic (exact) mass is 446 g/mol. The van der Waals surface area contributed by atoms with Crippen LogP contribution in [-0.2, 0) is 9.59 Å².